The molecular formula is C16H24O3S. The first-order valence-corrected chi connectivity index (χ1v) is 8.47. The molecule has 0 bridgehead atoms. The Kier molecular flexibility index (Phi) is 7.52. The summed E-state index contributed by atoms with van der Waals surface area (Å²) in [5.41, 5.74) is 2.28. The minimum Gasteiger partial charge on any atom is -0.466 e. The predicted molar refractivity (Wildman–Crippen MR) is 82.3 cm³/mol. The number of unbranched alkanes of at least 4 members (excludes halogenated alkanes) is 2. The number of carbonyl (C=O) groups is 1. The molecule has 0 saturated heterocycles. The second-order valence-corrected chi connectivity index (χ2v) is 6.47. The van der Waals surface area contributed by atoms with E-state index in [2.05, 4.69) is 6.07 Å². The molecule has 1 aromatic carbocycles. The van der Waals surface area contributed by atoms with Crippen LogP contribution in [0.15, 0.2) is 23.1 Å². The van der Waals surface area contributed by atoms with Gasteiger partial charge < -0.3 is 4.74 Å². The summed E-state index contributed by atoms with van der Waals surface area (Å²) < 4.78 is 17.1. The fraction of sp³-hybridized carbons (Fsp3) is 0.562. The van der Waals surface area contributed by atoms with Gasteiger partial charge in [0.2, 0.25) is 0 Å². The third-order valence-electron chi connectivity index (χ3n) is 3.09. The highest BCUT2D eigenvalue weighted by Crippen LogP contribution is 2.16. The molecule has 3 nitrogen and oxygen atoms in total. The van der Waals surface area contributed by atoms with Crippen molar-refractivity contribution in [2.45, 2.75) is 51.3 Å². The topological polar surface area (TPSA) is 43.4 Å². The number of ether oxygens (including phenoxy) is 1. The first-order chi connectivity index (χ1) is 9.54. The number of hydrogen-bond donors (Lipinski definition) is 0. The van der Waals surface area contributed by atoms with Crippen molar-refractivity contribution >= 4 is 16.8 Å². The van der Waals surface area contributed by atoms with Crippen LogP contribution in [0.1, 0.15) is 43.7 Å². The van der Waals surface area contributed by atoms with Crippen molar-refractivity contribution in [3.63, 3.8) is 0 Å². The Morgan fingerprint density at radius 3 is 2.60 bits per heavy atom. The van der Waals surface area contributed by atoms with Crippen LogP contribution >= 0.6 is 0 Å². The number of carbonyl (C=O) groups excluding carboxylic acids is 1. The molecule has 1 rings (SSSR count). The summed E-state index contributed by atoms with van der Waals surface area (Å²) in [7, 11) is -0.937. The van der Waals surface area contributed by atoms with E-state index in [0.29, 0.717) is 18.8 Å². The van der Waals surface area contributed by atoms with Gasteiger partial charge in [-0.25, -0.2) is 0 Å². The summed E-state index contributed by atoms with van der Waals surface area (Å²) in [5, 5.41) is 0. The van der Waals surface area contributed by atoms with Crippen LogP contribution in [-0.2, 0) is 20.3 Å². The fourth-order valence-electron chi connectivity index (χ4n) is 2.08. The van der Waals surface area contributed by atoms with Gasteiger partial charge in [0, 0.05) is 17.1 Å². The van der Waals surface area contributed by atoms with E-state index >= 15 is 0 Å². The van der Waals surface area contributed by atoms with Gasteiger partial charge in [-0.3, -0.25) is 9.00 Å². The molecule has 0 heterocycles. The largest absolute Gasteiger partial charge is 0.466 e. The van der Waals surface area contributed by atoms with Gasteiger partial charge in [0.1, 0.15) is 0 Å². The highest BCUT2D eigenvalue weighted by Gasteiger charge is 2.07. The van der Waals surface area contributed by atoms with Gasteiger partial charge in [-0.2, -0.15) is 0 Å². The van der Waals surface area contributed by atoms with Crippen molar-refractivity contribution in [1.82, 2.24) is 0 Å². The molecule has 0 aliphatic heterocycles. The van der Waals surface area contributed by atoms with Crippen molar-refractivity contribution in [2.75, 3.05) is 12.4 Å². The molecule has 1 atom stereocenters. The van der Waals surface area contributed by atoms with E-state index in [1.165, 1.54) is 5.56 Å². The maximum absolute atomic E-state index is 12.2. The van der Waals surface area contributed by atoms with Gasteiger partial charge in [0.15, 0.2) is 0 Å². The summed E-state index contributed by atoms with van der Waals surface area (Å²) in [6, 6.07) is 6.02. The zero-order valence-corrected chi connectivity index (χ0v) is 13.4. The average Bonchev–Trinajstić information content (AvgIpc) is 2.38. The van der Waals surface area contributed by atoms with E-state index < -0.39 is 10.8 Å². The van der Waals surface area contributed by atoms with E-state index in [4.69, 9.17) is 4.74 Å². The molecule has 0 spiro atoms. The first kappa shape index (κ1) is 16.9. The number of esters is 1. The number of hydrogen-bond acceptors (Lipinski definition) is 3. The molecule has 0 aromatic heterocycles. The monoisotopic (exact) mass is 296 g/mol. The maximum atomic E-state index is 12.2. The van der Waals surface area contributed by atoms with Crippen molar-refractivity contribution in [1.29, 1.82) is 0 Å². The molecule has 0 aliphatic rings. The molecule has 112 valence electrons. The smallest absolute Gasteiger partial charge is 0.305 e. The first-order valence-electron chi connectivity index (χ1n) is 7.16. The maximum Gasteiger partial charge on any atom is 0.305 e. The fourth-order valence-corrected chi connectivity index (χ4v) is 3.40. The normalized spacial score (nSPS) is 12.2. The quantitative estimate of drug-likeness (QED) is 0.544. The summed E-state index contributed by atoms with van der Waals surface area (Å²) in [5.74, 6) is 0.523. The summed E-state index contributed by atoms with van der Waals surface area (Å²) in [6.45, 7) is 6.29. The molecule has 0 saturated carbocycles. The zero-order chi connectivity index (χ0) is 15.0. The predicted octanol–water partition coefficient (Wildman–Crippen LogP) is 3.53. The minimum absolute atomic E-state index is 0.136. The summed E-state index contributed by atoms with van der Waals surface area (Å²) >= 11 is 0. The Morgan fingerprint density at radius 2 is 1.95 bits per heavy atom. The summed E-state index contributed by atoms with van der Waals surface area (Å²) in [6.07, 6.45) is 3.06. The van der Waals surface area contributed by atoms with E-state index in [1.54, 1.807) is 0 Å². The lowest BCUT2D eigenvalue weighted by atomic mass is 10.2. The van der Waals surface area contributed by atoms with Crippen LogP contribution < -0.4 is 0 Å². The highest BCUT2D eigenvalue weighted by atomic mass is 32.2. The van der Waals surface area contributed by atoms with E-state index in [9.17, 15) is 9.00 Å². The highest BCUT2D eigenvalue weighted by molar-refractivity contribution is 7.85. The third-order valence-corrected chi connectivity index (χ3v) is 4.70. The Balaban J connectivity index is 2.28. The second-order valence-electron chi connectivity index (χ2n) is 4.93. The lowest BCUT2D eigenvalue weighted by molar-refractivity contribution is -0.143. The van der Waals surface area contributed by atoms with Crippen LogP contribution in [0.4, 0.5) is 0 Å². The minimum atomic E-state index is -0.937. The van der Waals surface area contributed by atoms with Crippen molar-refractivity contribution < 1.29 is 13.7 Å². The molecule has 1 unspecified atom stereocenters. The van der Waals surface area contributed by atoms with E-state index in [1.807, 2.05) is 32.9 Å². The molecule has 20 heavy (non-hydrogen) atoms. The van der Waals surface area contributed by atoms with Gasteiger partial charge >= 0.3 is 5.97 Å². The van der Waals surface area contributed by atoms with Gasteiger partial charge in [-0.05, 0) is 45.2 Å². The Bertz CT molecular complexity index is 469. The van der Waals surface area contributed by atoms with E-state index in [0.717, 1.165) is 29.7 Å². The lowest BCUT2D eigenvalue weighted by Crippen LogP contribution is -2.04. The van der Waals surface area contributed by atoms with Gasteiger partial charge in [0.05, 0.1) is 17.4 Å². The lowest BCUT2D eigenvalue weighted by Gasteiger charge is -2.07. The standard InChI is InChI=1S/C16H24O3S/c1-4-19-16(17)8-6-5-7-11-20(18)15-10-9-13(2)12-14(15)3/h9-10,12H,4-8,11H2,1-3H3. The van der Waals surface area contributed by atoms with Gasteiger partial charge in [-0.1, -0.05) is 24.1 Å². The third kappa shape index (κ3) is 5.87. The number of aryl methyl sites for hydroxylation is 2. The van der Waals surface area contributed by atoms with Crippen LogP contribution in [0.5, 0.6) is 0 Å². The number of benzene rings is 1. The molecule has 0 fully saturated rings. The molecule has 1 aromatic rings. The number of rotatable bonds is 8. The second kappa shape index (κ2) is 8.90. The Morgan fingerprint density at radius 1 is 1.20 bits per heavy atom. The molecule has 0 N–H and O–H groups in total. The average molecular weight is 296 g/mol. The Hall–Kier alpha value is -1.16. The van der Waals surface area contributed by atoms with E-state index in [-0.39, 0.29) is 5.97 Å². The molecule has 0 radical (unpaired) electrons. The van der Waals surface area contributed by atoms with Gasteiger partial charge in [-0.15, -0.1) is 0 Å². The molecule has 4 heteroatoms. The Labute approximate surface area is 124 Å². The van der Waals surface area contributed by atoms with Crippen molar-refractivity contribution in [3.8, 4) is 0 Å². The van der Waals surface area contributed by atoms with Crippen LogP contribution in [0.2, 0.25) is 0 Å². The van der Waals surface area contributed by atoms with Crippen LogP contribution in [-0.4, -0.2) is 22.5 Å². The van der Waals surface area contributed by atoms with Crippen molar-refractivity contribution in [2.24, 2.45) is 0 Å². The van der Waals surface area contributed by atoms with Crippen molar-refractivity contribution in [3.05, 3.63) is 29.3 Å². The van der Waals surface area contributed by atoms with Crippen LogP contribution in [0.25, 0.3) is 0 Å². The van der Waals surface area contributed by atoms with Crippen LogP contribution in [0.3, 0.4) is 0 Å². The SMILES string of the molecule is CCOC(=O)CCCCCS(=O)c1ccc(C)cc1C. The molecular weight excluding hydrogens is 272 g/mol. The molecule has 0 aliphatic carbocycles. The molecule has 0 amide bonds. The van der Waals surface area contributed by atoms with Gasteiger partial charge in [0.25, 0.3) is 0 Å². The zero-order valence-electron chi connectivity index (χ0n) is 12.6. The summed E-state index contributed by atoms with van der Waals surface area (Å²) in [4.78, 5) is 12.1. The van der Waals surface area contributed by atoms with Crippen LogP contribution in [0, 0.1) is 13.8 Å².